The predicted octanol–water partition coefficient (Wildman–Crippen LogP) is -0.808. The third-order valence-corrected chi connectivity index (χ3v) is 4.03. The standard InChI is InChI=1S/C8H20N4O2S/c1-4-12(5-2)15(13,14)7-6-11-8(9)10-3/h4-7H2,1-3H3,(H3,9,10,11). The quantitative estimate of drug-likeness (QED) is 0.466. The maximum Gasteiger partial charge on any atom is 0.215 e. The Morgan fingerprint density at radius 2 is 1.93 bits per heavy atom. The average Bonchev–Trinajstić information content (AvgIpc) is 2.18. The van der Waals surface area contributed by atoms with Crippen LogP contribution in [0.25, 0.3) is 0 Å². The average molecular weight is 236 g/mol. The largest absolute Gasteiger partial charge is 0.370 e. The first kappa shape index (κ1) is 14.2. The first-order valence-electron chi connectivity index (χ1n) is 4.91. The van der Waals surface area contributed by atoms with E-state index in [9.17, 15) is 8.42 Å². The van der Waals surface area contributed by atoms with Gasteiger partial charge in [0.15, 0.2) is 5.96 Å². The van der Waals surface area contributed by atoms with Crippen molar-refractivity contribution in [3.05, 3.63) is 0 Å². The van der Waals surface area contributed by atoms with Gasteiger partial charge < -0.3 is 11.1 Å². The van der Waals surface area contributed by atoms with E-state index in [1.165, 1.54) is 4.31 Å². The lowest BCUT2D eigenvalue weighted by Crippen LogP contribution is -2.39. The zero-order valence-corrected chi connectivity index (χ0v) is 10.3. The van der Waals surface area contributed by atoms with Gasteiger partial charge in [0, 0.05) is 26.7 Å². The topological polar surface area (TPSA) is 87.8 Å². The molecule has 0 aliphatic rings. The highest BCUT2D eigenvalue weighted by atomic mass is 32.2. The van der Waals surface area contributed by atoms with Gasteiger partial charge in [-0.2, -0.15) is 0 Å². The molecule has 0 aromatic rings. The van der Waals surface area contributed by atoms with E-state index in [2.05, 4.69) is 10.3 Å². The Morgan fingerprint density at radius 1 is 1.40 bits per heavy atom. The molecule has 0 aliphatic carbocycles. The summed E-state index contributed by atoms with van der Waals surface area (Å²) in [7, 11) is -1.62. The molecule has 0 atom stereocenters. The molecular weight excluding hydrogens is 216 g/mol. The van der Waals surface area contributed by atoms with E-state index in [1.807, 2.05) is 13.8 Å². The van der Waals surface area contributed by atoms with E-state index in [1.54, 1.807) is 7.05 Å². The number of nitrogens with two attached hydrogens (primary N) is 1. The molecule has 0 bridgehead atoms. The highest BCUT2D eigenvalue weighted by molar-refractivity contribution is 7.89. The summed E-state index contributed by atoms with van der Waals surface area (Å²) in [4.78, 5) is 3.67. The van der Waals surface area contributed by atoms with Crippen molar-refractivity contribution in [2.24, 2.45) is 10.7 Å². The fourth-order valence-corrected chi connectivity index (χ4v) is 2.54. The Labute approximate surface area is 91.6 Å². The maximum atomic E-state index is 11.7. The van der Waals surface area contributed by atoms with Crippen LogP contribution in [0.5, 0.6) is 0 Å². The summed E-state index contributed by atoms with van der Waals surface area (Å²) < 4.78 is 24.8. The van der Waals surface area contributed by atoms with Crippen molar-refractivity contribution in [1.29, 1.82) is 0 Å². The summed E-state index contributed by atoms with van der Waals surface area (Å²) in [6, 6.07) is 0. The van der Waals surface area contributed by atoms with E-state index in [-0.39, 0.29) is 18.3 Å². The summed E-state index contributed by atoms with van der Waals surface area (Å²) in [5, 5.41) is 2.71. The molecule has 0 heterocycles. The van der Waals surface area contributed by atoms with Crippen LogP contribution in [-0.2, 0) is 10.0 Å². The molecular formula is C8H20N4O2S. The van der Waals surface area contributed by atoms with E-state index >= 15 is 0 Å². The van der Waals surface area contributed by atoms with E-state index < -0.39 is 10.0 Å². The molecule has 0 aromatic heterocycles. The molecule has 0 saturated carbocycles. The molecule has 0 amide bonds. The molecule has 0 unspecified atom stereocenters. The van der Waals surface area contributed by atoms with Gasteiger partial charge in [0.25, 0.3) is 0 Å². The van der Waals surface area contributed by atoms with Crippen LogP contribution < -0.4 is 11.1 Å². The summed E-state index contributed by atoms with van der Waals surface area (Å²) >= 11 is 0. The van der Waals surface area contributed by atoms with E-state index in [0.29, 0.717) is 13.1 Å². The van der Waals surface area contributed by atoms with Crippen molar-refractivity contribution < 1.29 is 8.42 Å². The van der Waals surface area contributed by atoms with Crippen LogP contribution in [0, 0.1) is 0 Å². The number of nitrogens with one attached hydrogen (secondary N) is 1. The van der Waals surface area contributed by atoms with Gasteiger partial charge in [0.1, 0.15) is 0 Å². The van der Waals surface area contributed by atoms with Crippen LogP contribution in [0.15, 0.2) is 4.99 Å². The molecule has 0 radical (unpaired) electrons. The molecule has 0 spiro atoms. The molecule has 0 aliphatic heterocycles. The fourth-order valence-electron chi connectivity index (χ4n) is 1.13. The molecule has 0 fully saturated rings. The van der Waals surface area contributed by atoms with Crippen molar-refractivity contribution in [3.8, 4) is 0 Å². The highest BCUT2D eigenvalue weighted by Gasteiger charge is 2.17. The summed E-state index contributed by atoms with van der Waals surface area (Å²) in [6.07, 6.45) is 0. The Kier molecular flexibility index (Phi) is 6.26. The third-order valence-electron chi connectivity index (χ3n) is 2.01. The molecule has 3 N–H and O–H groups in total. The normalized spacial score (nSPS) is 13.2. The second-order valence-corrected chi connectivity index (χ2v) is 5.02. The molecule has 6 nitrogen and oxygen atoms in total. The SMILES string of the molecule is CCN(CC)S(=O)(=O)CCNC(N)=NC. The first-order chi connectivity index (χ1) is 6.97. The van der Waals surface area contributed by atoms with Gasteiger partial charge >= 0.3 is 0 Å². The van der Waals surface area contributed by atoms with Gasteiger partial charge in [-0.05, 0) is 0 Å². The Balaban J connectivity index is 4.16. The molecule has 0 saturated heterocycles. The molecule has 0 rings (SSSR count). The second-order valence-electron chi connectivity index (χ2n) is 2.94. The minimum atomic E-state index is -3.17. The lowest BCUT2D eigenvalue weighted by Gasteiger charge is -2.18. The van der Waals surface area contributed by atoms with E-state index in [4.69, 9.17) is 5.73 Å². The lowest BCUT2D eigenvalue weighted by molar-refractivity contribution is 0.445. The Morgan fingerprint density at radius 3 is 2.33 bits per heavy atom. The van der Waals surface area contributed by atoms with Crippen molar-refractivity contribution in [1.82, 2.24) is 9.62 Å². The number of sulfonamides is 1. The van der Waals surface area contributed by atoms with Crippen molar-refractivity contribution in [2.75, 3.05) is 32.4 Å². The molecule has 7 heteroatoms. The van der Waals surface area contributed by atoms with Gasteiger partial charge in [-0.15, -0.1) is 0 Å². The predicted molar refractivity (Wildman–Crippen MR) is 62.3 cm³/mol. The van der Waals surface area contributed by atoms with Gasteiger partial charge in [-0.25, -0.2) is 12.7 Å². The Hall–Kier alpha value is -0.820. The van der Waals surface area contributed by atoms with Crippen LogP contribution in [0.2, 0.25) is 0 Å². The number of hydrogen-bond acceptors (Lipinski definition) is 3. The third kappa shape index (κ3) is 4.98. The van der Waals surface area contributed by atoms with Crippen molar-refractivity contribution in [3.63, 3.8) is 0 Å². The molecule has 15 heavy (non-hydrogen) atoms. The van der Waals surface area contributed by atoms with Gasteiger partial charge in [-0.3, -0.25) is 4.99 Å². The number of guanidine groups is 1. The van der Waals surface area contributed by atoms with Crippen LogP contribution in [0.3, 0.4) is 0 Å². The van der Waals surface area contributed by atoms with Crippen LogP contribution >= 0.6 is 0 Å². The highest BCUT2D eigenvalue weighted by Crippen LogP contribution is 1.99. The van der Waals surface area contributed by atoms with Gasteiger partial charge in [0.05, 0.1) is 5.75 Å². The van der Waals surface area contributed by atoms with Crippen LogP contribution in [0.1, 0.15) is 13.8 Å². The lowest BCUT2D eigenvalue weighted by atomic mass is 10.7. The summed E-state index contributed by atoms with van der Waals surface area (Å²) in [6.45, 7) is 4.90. The number of nitrogens with zero attached hydrogens (tertiary/aromatic N) is 2. The number of hydrogen-bond donors (Lipinski definition) is 2. The minimum absolute atomic E-state index is 0.0326. The zero-order chi connectivity index (χ0) is 11.9. The fraction of sp³-hybridized carbons (Fsp3) is 0.875. The first-order valence-corrected chi connectivity index (χ1v) is 6.52. The smallest absolute Gasteiger partial charge is 0.215 e. The second kappa shape index (κ2) is 6.62. The van der Waals surface area contributed by atoms with Crippen molar-refractivity contribution in [2.45, 2.75) is 13.8 Å². The zero-order valence-electron chi connectivity index (χ0n) is 9.52. The monoisotopic (exact) mass is 236 g/mol. The van der Waals surface area contributed by atoms with Gasteiger partial charge in [0.2, 0.25) is 10.0 Å². The molecule has 90 valence electrons. The summed E-state index contributed by atoms with van der Waals surface area (Å²) in [5.41, 5.74) is 5.37. The maximum absolute atomic E-state index is 11.7. The summed E-state index contributed by atoms with van der Waals surface area (Å²) in [5.74, 6) is 0.287. The van der Waals surface area contributed by atoms with E-state index in [0.717, 1.165) is 0 Å². The number of rotatable bonds is 6. The van der Waals surface area contributed by atoms with Crippen LogP contribution in [-0.4, -0.2) is 51.1 Å². The minimum Gasteiger partial charge on any atom is -0.370 e. The number of aliphatic imine (C=N–C) groups is 1. The molecule has 0 aromatic carbocycles. The van der Waals surface area contributed by atoms with Crippen LogP contribution in [0.4, 0.5) is 0 Å². The van der Waals surface area contributed by atoms with Gasteiger partial charge in [-0.1, -0.05) is 13.8 Å². The Bertz CT molecular complexity index is 296. The van der Waals surface area contributed by atoms with Crippen molar-refractivity contribution >= 4 is 16.0 Å².